The Labute approximate surface area is 118 Å². The van der Waals surface area contributed by atoms with Crippen LogP contribution in [-0.2, 0) is 14.6 Å². The van der Waals surface area contributed by atoms with E-state index in [9.17, 15) is 13.2 Å². The monoisotopic (exact) mass is 295 g/mol. The first-order chi connectivity index (χ1) is 9.47. The van der Waals surface area contributed by atoms with Gasteiger partial charge in [0.1, 0.15) is 5.75 Å². The molecule has 1 aromatic carbocycles. The van der Waals surface area contributed by atoms with Crippen molar-refractivity contribution in [1.29, 1.82) is 0 Å². The topological polar surface area (TPSA) is 63.7 Å². The van der Waals surface area contributed by atoms with E-state index in [0.717, 1.165) is 0 Å². The number of carbonyl (C=O) groups excluding carboxylic acids is 1. The predicted molar refractivity (Wildman–Crippen MR) is 74.2 cm³/mol. The highest BCUT2D eigenvalue weighted by Gasteiger charge is 2.50. The number of ether oxygens (including phenoxy) is 1. The number of benzene rings is 1. The highest BCUT2D eigenvalue weighted by Crippen LogP contribution is 2.33. The SMILES string of the molecule is C[C@H](Oc1ccccc1)C(=O)N1C[C@H]2C[C@H]1CS2(=O)=O. The summed E-state index contributed by atoms with van der Waals surface area (Å²) in [6, 6.07) is 8.99. The van der Waals surface area contributed by atoms with Gasteiger partial charge in [-0.05, 0) is 25.5 Å². The van der Waals surface area contributed by atoms with Crippen molar-refractivity contribution < 1.29 is 17.9 Å². The summed E-state index contributed by atoms with van der Waals surface area (Å²) in [4.78, 5) is 14.0. The van der Waals surface area contributed by atoms with Gasteiger partial charge in [0.15, 0.2) is 15.9 Å². The maximum atomic E-state index is 12.4. The van der Waals surface area contributed by atoms with E-state index in [0.29, 0.717) is 18.7 Å². The smallest absolute Gasteiger partial charge is 0.263 e. The Hall–Kier alpha value is -1.56. The van der Waals surface area contributed by atoms with Gasteiger partial charge in [-0.3, -0.25) is 4.79 Å². The zero-order valence-corrected chi connectivity index (χ0v) is 12.0. The molecule has 3 atom stereocenters. The van der Waals surface area contributed by atoms with E-state index in [-0.39, 0.29) is 23.0 Å². The molecule has 0 spiro atoms. The first-order valence-electron chi connectivity index (χ1n) is 6.71. The van der Waals surface area contributed by atoms with Crippen LogP contribution in [-0.4, -0.2) is 48.9 Å². The van der Waals surface area contributed by atoms with Crippen LogP contribution in [0.2, 0.25) is 0 Å². The molecule has 5 nitrogen and oxygen atoms in total. The molecule has 0 aliphatic carbocycles. The lowest BCUT2D eigenvalue weighted by Crippen LogP contribution is -2.48. The molecule has 108 valence electrons. The molecule has 2 aliphatic rings. The van der Waals surface area contributed by atoms with Gasteiger partial charge in [-0.15, -0.1) is 0 Å². The maximum absolute atomic E-state index is 12.4. The van der Waals surface area contributed by atoms with Crippen molar-refractivity contribution in [2.45, 2.75) is 30.7 Å². The van der Waals surface area contributed by atoms with Crippen LogP contribution in [0, 0.1) is 0 Å². The number of sulfone groups is 1. The average molecular weight is 295 g/mol. The number of likely N-dealkylation sites (tertiary alicyclic amines) is 1. The van der Waals surface area contributed by atoms with Crippen LogP contribution in [0.1, 0.15) is 13.3 Å². The van der Waals surface area contributed by atoms with Crippen molar-refractivity contribution in [2.75, 3.05) is 12.3 Å². The van der Waals surface area contributed by atoms with Crippen LogP contribution >= 0.6 is 0 Å². The van der Waals surface area contributed by atoms with Gasteiger partial charge in [0.2, 0.25) is 0 Å². The van der Waals surface area contributed by atoms with Gasteiger partial charge in [-0.25, -0.2) is 8.42 Å². The number of para-hydroxylation sites is 1. The Morgan fingerprint density at radius 3 is 2.60 bits per heavy atom. The van der Waals surface area contributed by atoms with E-state index in [1.807, 2.05) is 18.2 Å². The largest absolute Gasteiger partial charge is 0.481 e. The van der Waals surface area contributed by atoms with Crippen molar-refractivity contribution in [2.24, 2.45) is 0 Å². The molecule has 0 N–H and O–H groups in total. The summed E-state index contributed by atoms with van der Waals surface area (Å²) >= 11 is 0. The van der Waals surface area contributed by atoms with Gasteiger partial charge in [0.05, 0.1) is 11.0 Å². The Morgan fingerprint density at radius 1 is 1.35 bits per heavy atom. The lowest BCUT2D eigenvalue weighted by Gasteiger charge is -2.29. The van der Waals surface area contributed by atoms with Crippen molar-refractivity contribution >= 4 is 15.7 Å². The molecular weight excluding hydrogens is 278 g/mol. The van der Waals surface area contributed by atoms with Crippen molar-refractivity contribution in [3.05, 3.63) is 30.3 Å². The van der Waals surface area contributed by atoms with Gasteiger partial charge in [-0.1, -0.05) is 18.2 Å². The number of fused-ring (bicyclic) bond motifs is 2. The molecule has 1 aromatic rings. The minimum absolute atomic E-state index is 0.0987. The molecule has 2 fully saturated rings. The molecule has 0 radical (unpaired) electrons. The van der Waals surface area contributed by atoms with Crippen LogP contribution in [0.25, 0.3) is 0 Å². The van der Waals surface area contributed by atoms with Gasteiger partial charge >= 0.3 is 0 Å². The van der Waals surface area contributed by atoms with E-state index in [1.54, 1.807) is 24.0 Å². The molecule has 20 heavy (non-hydrogen) atoms. The minimum Gasteiger partial charge on any atom is -0.481 e. The summed E-state index contributed by atoms with van der Waals surface area (Å²) in [6.45, 7) is 2.02. The third-order valence-electron chi connectivity index (χ3n) is 4.00. The highest BCUT2D eigenvalue weighted by molar-refractivity contribution is 7.92. The summed E-state index contributed by atoms with van der Waals surface area (Å²) < 4.78 is 29.0. The molecule has 6 heteroatoms. The average Bonchev–Trinajstić information content (AvgIpc) is 2.94. The summed E-state index contributed by atoms with van der Waals surface area (Å²) in [5.41, 5.74) is 0. The van der Waals surface area contributed by atoms with Gasteiger partial charge < -0.3 is 9.64 Å². The number of rotatable bonds is 3. The third kappa shape index (κ3) is 2.28. The zero-order valence-electron chi connectivity index (χ0n) is 11.2. The quantitative estimate of drug-likeness (QED) is 0.829. The maximum Gasteiger partial charge on any atom is 0.263 e. The van der Waals surface area contributed by atoms with E-state index >= 15 is 0 Å². The molecule has 0 aromatic heterocycles. The first kappa shape index (κ1) is 13.4. The third-order valence-corrected chi connectivity index (χ3v) is 6.20. The Morgan fingerprint density at radius 2 is 2.05 bits per heavy atom. The number of nitrogens with zero attached hydrogens (tertiary/aromatic N) is 1. The standard InChI is InChI=1S/C14H17NO4S/c1-10(19-12-5-3-2-4-6-12)14(16)15-8-13-7-11(15)9-20(13,17)18/h2-6,10-11,13H,7-9H2,1H3/t10-,11-,13+/m0/s1. The lowest BCUT2D eigenvalue weighted by molar-refractivity contribution is -0.138. The fourth-order valence-corrected chi connectivity index (χ4v) is 4.98. The minimum atomic E-state index is -2.97. The van der Waals surface area contributed by atoms with Crippen LogP contribution in [0.3, 0.4) is 0 Å². The normalized spacial score (nSPS) is 28.4. The molecule has 2 bridgehead atoms. The highest BCUT2D eigenvalue weighted by atomic mass is 32.2. The molecule has 1 amide bonds. The Balaban J connectivity index is 1.66. The van der Waals surface area contributed by atoms with Gasteiger partial charge in [0.25, 0.3) is 5.91 Å². The van der Waals surface area contributed by atoms with Crippen LogP contribution in [0.5, 0.6) is 5.75 Å². The van der Waals surface area contributed by atoms with Crippen LogP contribution < -0.4 is 4.74 Å². The molecule has 0 saturated carbocycles. The van der Waals surface area contributed by atoms with E-state index in [1.165, 1.54) is 0 Å². The van der Waals surface area contributed by atoms with E-state index < -0.39 is 15.9 Å². The number of carbonyl (C=O) groups is 1. The first-order valence-corrected chi connectivity index (χ1v) is 8.42. The van der Waals surface area contributed by atoms with Crippen LogP contribution in [0.15, 0.2) is 30.3 Å². The Bertz CT molecular complexity index is 613. The zero-order chi connectivity index (χ0) is 14.3. The Kier molecular flexibility index (Phi) is 3.20. The molecular formula is C14H17NO4S. The molecule has 2 heterocycles. The summed E-state index contributed by atoms with van der Waals surface area (Å²) in [5, 5.41) is -0.375. The second-order valence-electron chi connectivity index (χ2n) is 5.40. The van der Waals surface area contributed by atoms with E-state index in [4.69, 9.17) is 4.74 Å². The van der Waals surface area contributed by atoms with Crippen molar-refractivity contribution in [1.82, 2.24) is 4.90 Å². The molecule has 2 aliphatic heterocycles. The number of hydrogen-bond donors (Lipinski definition) is 0. The van der Waals surface area contributed by atoms with Gasteiger partial charge in [0, 0.05) is 12.6 Å². The number of amides is 1. The molecule has 2 saturated heterocycles. The molecule has 3 rings (SSSR count). The summed E-state index contributed by atoms with van der Waals surface area (Å²) in [7, 11) is -2.97. The van der Waals surface area contributed by atoms with Gasteiger partial charge in [-0.2, -0.15) is 0 Å². The summed E-state index contributed by atoms with van der Waals surface area (Å²) in [5.74, 6) is 0.614. The second kappa shape index (κ2) is 4.77. The van der Waals surface area contributed by atoms with E-state index in [2.05, 4.69) is 0 Å². The second-order valence-corrected chi connectivity index (χ2v) is 7.73. The van der Waals surface area contributed by atoms with Crippen LogP contribution in [0.4, 0.5) is 0 Å². The fraction of sp³-hybridized carbons (Fsp3) is 0.500. The van der Waals surface area contributed by atoms with Crippen molar-refractivity contribution in [3.63, 3.8) is 0 Å². The lowest BCUT2D eigenvalue weighted by atomic mass is 10.2. The summed E-state index contributed by atoms with van der Waals surface area (Å²) in [6.07, 6.45) is -0.0222. The van der Waals surface area contributed by atoms with Crippen molar-refractivity contribution in [3.8, 4) is 5.75 Å². The molecule has 0 unspecified atom stereocenters. The fourth-order valence-electron chi connectivity index (χ4n) is 2.95. The predicted octanol–water partition coefficient (Wildman–Crippen LogP) is 0.852. The number of hydrogen-bond acceptors (Lipinski definition) is 4.